The Labute approximate surface area is 162 Å². The zero-order valence-corrected chi connectivity index (χ0v) is 16.1. The molecule has 0 bridgehead atoms. The van der Waals surface area contributed by atoms with Crippen LogP contribution in [0.4, 0.5) is 5.13 Å². The molecular weight excluding hydrogens is 382 g/mol. The number of amides is 1. The summed E-state index contributed by atoms with van der Waals surface area (Å²) >= 11 is 1.07. The van der Waals surface area contributed by atoms with E-state index in [0.29, 0.717) is 6.54 Å². The average molecular weight is 402 g/mol. The molecular formula is C19H19N3O3S2. The second-order valence-corrected chi connectivity index (χ2v) is 8.34. The molecule has 3 aromatic rings. The summed E-state index contributed by atoms with van der Waals surface area (Å²) < 4.78 is 27.0. The van der Waals surface area contributed by atoms with Crippen LogP contribution in [0.25, 0.3) is 0 Å². The van der Waals surface area contributed by atoms with Gasteiger partial charge in [-0.05, 0) is 30.5 Å². The van der Waals surface area contributed by atoms with Crippen LogP contribution in [0.2, 0.25) is 0 Å². The molecule has 0 fully saturated rings. The van der Waals surface area contributed by atoms with Gasteiger partial charge in [-0.15, -0.1) is 11.3 Å². The Balaban J connectivity index is 1.52. The molecule has 27 heavy (non-hydrogen) atoms. The van der Waals surface area contributed by atoms with Crippen molar-refractivity contribution >= 4 is 32.4 Å². The van der Waals surface area contributed by atoms with Crippen LogP contribution >= 0.6 is 11.3 Å². The first kappa shape index (κ1) is 19.1. The number of anilines is 1. The summed E-state index contributed by atoms with van der Waals surface area (Å²) in [5, 5.41) is 4.50. The van der Waals surface area contributed by atoms with Gasteiger partial charge in [0.25, 0.3) is 15.9 Å². The van der Waals surface area contributed by atoms with E-state index in [1.54, 1.807) is 18.2 Å². The summed E-state index contributed by atoms with van der Waals surface area (Å²) in [5.74, 6) is -0.315. The fourth-order valence-electron chi connectivity index (χ4n) is 2.43. The summed E-state index contributed by atoms with van der Waals surface area (Å²) in [6, 6.07) is 18.1. The van der Waals surface area contributed by atoms with E-state index in [4.69, 9.17) is 0 Å². The topological polar surface area (TPSA) is 88.2 Å². The third-order valence-corrected chi connectivity index (χ3v) is 6.02. The van der Waals surface area contributed by atoms with E-state index in [1.807, 2.05) is 30.3 Å². The maximum atomic E-state index is 12.3. The van der Waals surface area contributed by atoms with Crippen molar-refractivity contribution in [1.29, 1.82) is 0 Å². The second kappa shape index (κ2) is 8.79. The van der Waals surface area contributed by atoms with E-state index < -0.39 is 10.0 Å². The van der Waals surface area contributed by atoms with Gasteiger partial charge in [-0.3, -0.25) is 9.52 Å². The Hall–Kier alpha value is -2.71. The number of hydrogen-bond acceptors (Lipinski definition) is 5. The van der Waals surface area contributed by atoms with Crippen LogP contribution in [0.3, 0.4) is 0 Å². The van der Waals surface area contributed by atoms with Crippen LogP contribution < -0.4 is 10.0 Å². The summed E-state index contributed by atoms with van der Waals surface area (Å²) in [7, 11) is -3.71. The number of carbonyl (C=O) groups is 1. The zero-order chi connectivity index (χ0) is 19.1. The molecule has 2 aromatic carbocycles. The maximum absolute atomic E-state index is 12.3. The van der Waals surface area contributed by atoms with Crippen molar-refractivity contribution in [3.63, 3.8) is 0 Å². The lowest BCUT2D eigenvalue weighted by molar-refractivity contribution is 0.0949. The third kappa shape index (κ3) is 5.38. The van der Waals surface area contributed by atoms with Crippen molar-refractivity contribution in [2.24, 2.45) is 0 Å². The van der Waals surface area contributed by atoms with Gasteiger partial charge >= 0.3 is 0 Å². The number of rotatable bonds is 8. The smallest absolute Gasteiger partial charge is 0.270 e. The number of nitrogens with one attached hydrogen (secondary N) is 2. The molecule has 3 rings (SSSR count). The molecule has 0 aliphatic heterocycles. The molecule has 1 aromatic heterocycles. The first-order valence-corrected chi connectivity index (χ1v) is 10.8. The van der Waals surface area contributed by atoms with Crippen molar-refractivity contribution < 1.29 is 13.2 Å². The Morgan fingerprint density at radius 1 is 1.00 bits per heavy atom. The minimum Gasteiger partial charge on any atom is -0.351 e. The van der Waals surface area contributed by atoms with Crippen LogP contribution in [0.5, 0.6) is 0 Å². The SMILES string of the molecule is O=C(NCCCc1ccccc1)c1csc(NS(=O)(=O)c2ccccc2)n1. The summed E-state index contributed by atoms with van der Waals surface area (Å²) in [6.07, 6.45) is 1.69. The van der Waals surface area contributed by atoms with E-state index in [1.165, 1.54) is 23.1 Å². The van der Waals surface area contributed by atoms with Crippen LogP contribution in [0.15, 0.2) is 70.9 Å². The minimum atomic E-state index is -3.71. The molecule has 0 saturated heterocycles. The average Bonchev–Trinajstić information content (AvgIpc) is 3.14. The van der Waals surface area contributed by atoms with E-state index in [2.05, 4.69) is 15.0 Å². The number of nitrogens with zero attached hydrogens (tertiary/aromatic N) is 1. The largest absolute Gasteiger partial charge is 0.351 e. The van der Waals surface area contributed by atoms with Crippen molar-refractivity contribution in [3.8, 4) is 0 Å². The first-order valence-electron chi connectivity index (χ1n) is 8.40. The van der Waals surface area contributed by atoms with Crippen LogP contribution in [0.1, 0.15) is 22.5 Å². The fraction of sp³-hybridized carbons (Fsp3) is 0.158. The number of aromatic nitrogens is 1. The van der Waals surface area contributed by atoms with Gasteiger partial charge in [0.05, 0.1) is 4.90 Å². The normalized spacial score (nSPS) is 11.1. The Morgan fingerprint density at radius 2 is 1.67 bits per heavy atom. The lowest BCUT2D eigenvalue weighted by Gasteiger charge is -2.05. The molecule has 6 nitrogen and oxygen atoms in total. The Kier molecular flexibility index (Phi) is 6.20. The molecule has 0 aliphatic carbocycles. The first-order chi connectivity index (χ1) is 13.0. The highest BCUT2D eigenvalue weighted by atomic mass is 32.2. The van der Waals surface area contributed by atoms with Crippen molar-refractivity contribution in [2.75, 3.05) is 11.3 Å². The van der Waals surface area contributed by atoms with E-state index in [0.717, 1.165) is 24.2 Å². The maximum Gasteiger partial charge on any atom is 0.270 e. The van der Waals surface area contributed by atoms with Gasteiger partial charge in [-0.25, -0.2) is 13.4 Å². The molecule has 0 atom stereocenters. The predicted molar refractivity (Wildman–Crippen MR) is 106 cm³/mol. The van der Waals surface area contributed by atoms with Crippen molar-refractivity contribution in [2.45, 2.75) is 17.7 Å². The number of sulfonamides is 1. The predicted octanol–water partition coefficient (Wildman–Crippen LogP) is 3.31. The highest BCUT2D eigenvalue weighted by Crippen LogP contribution is 2.20. The second-order valence-electron chi connectivity index (χ2n) is 5.80. The molecule has 0 radical (unpaired) electrons. The van der Waals surface area contributed by atoms with E-state index in [9.17, 15) is 13.2 Å². The molecule has 0 saturated carbocycles. The van der Waals surface area contributed by atoms with Gasteiger partial charge < -0.3 is 5.32 Å². The molecule has 0 spiro atoms. The van der Waals surface area contributed by atoms with E-state index in [-0.39, 0.29) is 21.6 Å². The van der Waals surface area contributed by atoms with Crippen LogP contribution in [-0.2, 0) is 16.4 Å². The highest BCUT2D eigenvalue weighted by molar-refractivity contribution is 7.93. The van der Waals surface area contributed by atoms with Crippen molar-refractivity contribution in [3.05, 3.63) is 77.3 Å². The number of hydrogen-bond donors (Lipinski definition) is 2. The zero-order valence-electron chi connectivity index (χ0n) is 14.5. The molecule has 8 heteroatoms. The standard InChI is InChI=1S/C19H19N3O3S2/c23-18(20-13-7-10-15-8-3-1-4-9-15)17-14-26-19(21-17)22-27(24,25)16-11-5-2-6-12-16/h1-6,8-9,11-12,14H,7,10,13H2,(H,20,23)(H,21,22). The van der Waals surface area contributed by atoms with Crippen LogP contribution in [0, 0.1) is 0 Å². The molecule has 140 valence electrons. The summed E-state index contributed by atoms with van der Waals surface area (Å²) in [5.41, 5.74) is 1.42. The summed E-state index contributed by atoms with van der Waals surface area (Å²) in [4.78, 5) is 16.4. The number of carbonyl (C=O) groups excluding carboxylic acids is 1. The van der Waals surface area contributed by atoms with Gasteiger partial charge in [0.2, 0.25) is 0 Å². The molecule has 2 N–H and O–H groups in total. The van der Waals surface area contributed by atoms with Crippen molar-refractivity contribution in [1.82, 2.24) is 10.3 Å². The van der Waals surface area contributed by atoms with Gasteiger partial charge in [-0.1, -0.05) is 48.5 Å². The van der Waals surface area contributed by atoms with Crippen LogP contribution in [-0.4, -0.2) is 25.9 Å². The number of benzene rings is 2. The number of aryl methyl sites for hydroxylation is 1. The van der Waals surface area contributed by atoms with Gasteiger partial charge in [0.1, 0.15) is 5.69 Å². The number of thiazole rings is 1. The molecule has 0 aliphatic rings. The Bertz CT molecular complexity index is 987. The lowest BCUT2D eigenvalue weighted by atomic mass is 10.1. The van der Waals surface area contributed by atoms with Gasteiger partial charge in [-0.2, -0.15) is 0 Å². The highest BCUT2D eigenvalue weighted by Gasteiger charge is 2.17. The fourth-order valence-corrected chi connectivity index (χ4v) is 4.39. The van der Waals surface area contributed by atoms with Gasteiger partial charge in [0.15, 0.2) is 5.13 Å². The van der Waals surface area contributed by atoms with Gasteiger partial charge in [0, 0.05) is 11.9 Å². The molecule has 1 heterocycles. The molecule has 0 unspecified atom stereocenters. The minimum absolute atomic E-state index is 0.145. The Morgan fingerprint density at radius 3 is 2.37 bits per heavy atom. The van der Waals surface area contributed by atoms with E-state index >= 15 is 0 Å². The quantitative estimate of drug-likeness (QED) is 0.567. The molecule has 1 amide bonds. The summed E-state index contributed by atoms with van der Waals surface area (Å²) in [6.45, 7) is 0.524. The lowest BCUT2D eigenvalue weighted by Crippen LogP contribution is -2.25. The monoisotopic (exact) mass is 401 g/mol. The third-order valence-electron chi connectivity index (χ3n) is 3.78.